The van der Waals surface area contributed by atoms with E-state index in [2.05, 4.69) is 40.7 Å². The maximum absolute atomic E-state index is 13.5. The molecule has 4 nitrogen and oxygen atoms in total. The van der Waals surface area contributed by atoms with Crippen LogP contribution in [0.15, 0.2) is 42.0 Å². The van der Waals surface area contributed by atoms with E-state index in [4.69, 9.17) is 9.47 Å². The SMILES string of the molecule is CCC(C)(C)c1ccc(OC)c(C2=C(CN3C(=O)O[C@H](c4cc(C(F)(F)F)cc(C(F)(F)F)c4)[C@@H]3C)CC(C)(C)CC2)c1. The Morgan fingerprint density at radius 1 is 0.977 bits per heavy atom. The van der Waals surface area contributed by atoms with E-state index >= 15 is 0 Å². The number of carbonyl (C=O) groups is 1. The van der Waals surface area contributed by atoms with E-state index in [9.17, 15) is 31.1 Å². The number of rotatable bonds is 7. The predicted octanol–water partition coefficient (Wildman–Crippen LogP) is 9.97. The highest BCUT2D eigenvalue weighted by molar-refractivity contribution is 5.77. The first kappa shape index (κ1) is 32.7. The Kier molecular flexibility index (Phi) is 8.68. The van der Waals surface area contributed by atoms with E-state index in [1.54, 1.807) is 14.0 Å². The molecule has 0 unspecified atom stereocenters. The van der Waals surface area contributed by atoms with Crippen LogP contribution in [0.4, 0.5) is 31.1 Å². The van der Waals surface area contributed by atoms with Gasteiger partial charge in [-0.3, -0.25) is 4.90 Å². The van der Waals surface area contributed by atoms with Gasteiger partial charge in [0.25, 0.3) is 0 Å². The van der Waals surface area contributed by atoms with Crippen molar-refractivity contribution < 1.29 is 40.6 Å². The number of allylic oxidation sites excluding steroid dienone is 1. The zero-order chi connectivity index (χ0) is 32.1. The molecule has 2 aliphatic rings. The number of carbonyl (C=O) groups excluding carboxylic acids is 1. The third-order valence-corrected chi connectivity index (χ3v) is 9.05. The highest BCUT2D eigenvalue weighted by Crippen LogP contribution is 2.47. The van der Waals surface area contributed by atoms with Gasteiger partial charge < -0.3 is 9.47 Å². The number of methoxy groups -OCH3 is 1. The molecule has 43 heavy (non-hydrogen) atoms. The molecule has 2 aromatic rings. The maximum atomic E-state index is 13.5. The van der Waals surface area contributed by atoms with Crippen molar-refractivity contribution in [2.24, 2.45) is 5.41 Å². The first-order valence-corrected chi connectivity index (χ1v) is 14.4. The molecule has 0 radical (unpaired) electrons. The lowest BCUT2D eigenvalue weighted by Crippen LogP contribution is -2.35. The molecule has 236 valence electrons. The molecule has 0 spiro atoms. The van der Waals surface area contributed by atoms with E-state index in [1.165, 1.54) is 4.90 Å². The van der Waals surface area contributed by atoms with E-state index < -0.39 is 41.7 Å². The number of hydrogen-bond donors (Lipinski definition) is 0. The third-order valence-electron chi connectivity index (χ3n) is 9.05. The Labute approximate surface area is 249 Å². The van der Waals surface area contributed by atoms with Crippen LogP contribution in [0, 0.1) is 5.41 Å². The highest BCUT2D eigenvalue weighted by Gasteiger charge is 2.44. The maximum Gasteiger partial charge on any atom is 0.416 e. The van der Waals surface area contributed by atoms with Crippen molar-refractivity contribution in [1.82, 2.24) is 4.90 Å². The van der Waals surface area contributed by atoms with Crippen LogP contribution in [-0.4, -0.2) is 30.7 Å². The summed E-state index contributed by atoms with van der Waals surface area (Å²) in [5, 5.41) is 0. The van der Waals surface area contributed by atoms with Crippen LogP contribution >= 0.6 is 0 Å². The van der Waals surface area contributed by atoms with Crippen molar-refractivity contribution in [2.45, 2.75) is 97.1 Å². The lowest BCUT2D eigenvalue weighted by Gasteiger charge is -2.36. The second kappa shape index (κ2) is 11.4. The van der Waals surface area contributed by atoms with Crippen LogP contribution in [0.5, 0.6) is 5.75 Å². The molecule has 1 amide bonds. The summed E-state index contributed by atoms with van der Waals surface area (Å²) in [6.45, 7) is 12.4. The number of hydrogen-bond acceptors (Lipinski definition) is 3. The third kappa shape index (κ3) is 6.83. The zero-order valence-corrected chi connectivity index (χ0v) is 25.6. The van der Waals surface area contributed by atoms with Crippen LogP contribution in [0.25, 0.3) is 5.57 Å². The van der Waals surface area contributed by atoms with Crippen LogP contribution in [0.3, 0.4) is 0 Å². The van der Waals surface area contributed by atoms with Crippen molar-refractivity contribution in [3.63, 3.8) is 0 Å². The minimum absolute atomic E-state index is 0.0746. The van der Waals surface area contributed by atoms with Crippen LogP contribution in [0.2, 0.25) is 0 Å². The Balaban J connectivity index is 1.76. The predicted molar refractivity (Wildman–Crippen MR) is 153 cm³/mol. The van der Waals surface area contributed by atoms with Crippen molar-refractivity contribution in [3.05, 3.63) is 69.8 Å². The molecule has 0 aromatic heterocycles. The summed E-state index contributed by atoms with van der Waals surface area (Å²) in [7, 11) is 1.60. The lowest BCUT2D eigenvalue weighted by molar-refractivity contribution is -0.143. The number of amides is 1. The first-order valence-electron chi connectivity index (χ1n) is 14.4. The Morgan fingerprint density at radius 3 is 2.12 bits per heavy atom. The summed E-state index contributed by atoms with van der Waals surface area (Å²) in [6, 6.07) is 6.65. The Hall–Kier alpha value is -3.17. The minimum Gasteiger partial charge on any atom is -0.496 e. The minimum atomic E-state index is -5.01. The van der Waals surface area contributed by atoms with Gasteiger partial charge in [0.1, 0.15) is 11.9 Å². The average molecular weight is 612 g/mol. The second-order valence-corrected chi connectivity index (χ2v) is 13.1. The lowest BCUT2D eigenvalue weighted by atomic mass is 9.72. The summed E-state index contributed by atoms with van der Waals surface area (Å²) in [5.41, 5.74) is 0.660. The molecule has 10 heteroatoms. The fourth-order valence-corrected chi connectivity index (χ4v) is 5.97. The zero-order valence-electron chi connectivity index (χ0n) is 25.6. The molecule has 1 saturated heterocycles. The van der Waals surface area contributed by atoms with Gasteiger partial charge in [-0.2, -0.15) is 26.3 Å². The summed E-state index contributed by atoms with van der Waals surface area (Å²) in [5.74, 6) is 0.696. The van der Waals surface area contributed by atoms with E-state index in [0.29, 0.717) is 24.3 Å². The van der Waals surface area contributed by atoms with Crippen LogP contribution < -0.4 is 4.74 Å². The molecule has 1 heterocycles. The van der Waals surface area contributed by atoms with Gasteiger partial charge in [0.15, 0.2) is 0 Å². The smallest absolute Gasteiger partial charge is 0.416 e. The van der Waals surface area contributed by atoms with Crippen molar-refractivity contribution in [1.29, 1.82) is 0 Å². The molecule has 2 aromatic carbocycles. The van der Waals surface area contributed by atoms with Crippen molar-refractivity contribution in [3.8, 4) is 5.75 Å². The topological polar surface area (TPSA) is 38.8 Å². The number of benzene rings is 2. The largest absolute Gasteiger partial charge is 0.496 e. The van der Waals surface area contributed by atoms with E-state index in [1.807, 2.05) is 12.1 Å². The van der Waals surface area contributed by atoms with Gasteiger partial charge in [0.2, 0.25) is 0 Å². The fraction of sp³-hybridized carbons (Fsp3) is 0.545. The van der Waals surface area contributed by atoms with Crippen LogP contribution in [-0.2, 0) is 22.5 Å². The Morgan fingerprint density at radius 2 is 1.58 bits per heavy atom. The van der Waals surface area contributed by atoms with Crippen molar-refractivity contribution in [2.75, 3.05) is 13.7 Å². The summed E-state index contributed by atoms with van der Waals surface area (Å²) < 4.78 is 92.5. The Bertz CT molecular complexity index is 1370. The summed E-state index contributed by atoms with van der Waals surface area (Å²) in [6.07, 6.45) is -8.92. The van der Waals surface area contributed by atoms with E-state index in [0.717, 1.165) is 41.5 Å². The molecule has 2 atom stereocenters. The van der Waals surface area contributed by atoms with Gasteiger partial charge in [-0.1, -0.05) is 40.7 Å². The summed E-state index contributed by atoms with van der Waals surface area (Å²) >= 11 is 0. The molecule has 4 rings (SSSR count). The molecule has 1 aliphatic heterocycles. The monoisotopic (exact) mass is 611 g/mol. The molecular formula is C33H39F6NO3. The molecule has 0 bridgehead atoms. The molecular weight excluding hydrogens is 572 g/mol. The second-order valence-electron chi connectivity index (χ2n) is 13.1. The van der Waals surface area contributed by atoms with Gasteiger partial charge in [-0.05, 0) is 96.0 Å². The molecule has 0 N–H and O–H groups in total. The summed E-state index contributed by atoms with van der Waals surface area (Å²) in [4.78, 5) is 14.6. The normalized spacial score (nSPS) is 21.3. The number of alkyl halides is 6. The highest BCUT2D eigenvalue weighted by atomic mass is 19.4. The number of nitrogens with zero attached hydrogens (tertiary/aromatic N) is 1. The molecule has 1 fully saturated rings. The van der Waals surface area contributed by atoms with Crippen LogP contribution in [0.1, 0.15) is 101 Å². The van der Waals surface area contributed by atoms with E-state index in [-0.39, 0.29) is 29.0 Å². The number of halogens is 6. The quantitative estimate of drug-likeness (QED) is 0.293. The van der Waals surface area contributed by atoms with Gasteiger partial charge in [0, 0.05) is 12.1 Å². The average Bonchev–Trinajstić information content (AvgIpc) is 3.19. The van der Waals surface area contributed by atoms with Gasteiger partial charge in [0.05, 0.1) is 24.3 Å². The first-order chi connectivity index (χ1) is 19.8. The van der Waals surface area contributed by atoms with Gasteiger partial charge >= 0.3 is 18.4 Å². The fourth-order valence-electron chi connectivity index (χ4n) is 5.97. The van der Waals surface area contributed by atoms with Gasteiger partial charge in [-0.25, -0.2) is 4.79 Å². The molecule has 1 aliphatic carbocycles. The standard InChI is InChI=1S/C33H39F6NO3/c1-8-31(5,6)22-9-10-27(42-7)26(16-22)25-11-12-30(3,4)17-21(25)18-40-19(2)28(43-29(40)41)20-13-23(32(34,35)36)15-24(14-20)33(37,38)39/h9-10,13-16,19,28H,8,11-12,17-18H2,1-7H3/t19-,28-/m0/s1. The molecule has 0 saturated carbocycles. The number of ether oxygens (including phenoxy) is 2. The van der Waals surface area contributed by atoms with Crippen molar-refractivity contribution >= 4 is 11.7 Å². The van der Waals surface area contributed by atoms with Gasteiger partial charge in [-0.15, -0.1) is 0 Å². The number of cyclic esters (lactones) is 1.